The minimum absolute atomic E-state index is 0.0226. The summed E-state index contributed by atoms with van der Waals surface area (Å²) in [6, 6.07) is 7.15. The molecule has 35 heavy (non-hydrogen) atoms. The molecule has 0 bridgehead atoms. The van der Waals surface area contributed by atoms with E-state index in [0.29, 0.717) is 51.2 Å². The van der Waals surface area contributed by atoms with Gasteiger partial charge in [0.05, 0.1) is 48.6 Å². The monoisotopic (exact) mass is 476 g/mol. The number of nitrogens with zero attached hydrogens (tertiary/aromatic N) is 2. The minimum atomic E-state index is -1.13. The molecule has 0 fully saturated rings. The molecule has 5 rings (SSSR count). The molecule has 0 amide bonds. The number of hydrogen-bond acceptors (Lipinski definition) is 7. The molecule has 2 aliphatic rings. The first kappa shape index (κ1) is 23.2. The summed E-state index contributed by atoms with van der Waals surface area (Å²) in [5.74, 6) is 0.102. The van der Waals surface area contributed by atoms with Gasteiger partial charge < -0.3 is 19.1 Å². The zero-order valence-electron chi connectivity index (χ0n) is 19.9. The Morgan fingerprint density at radius 1 is 1.20 bits per heavy atom. The lowest BCUT2D eigenvalue weighted by Gasteiger charge is -2.13. The summed E-state index contributed by atoms with van der Waals surface area (Å²) in [4.78, 5) is 43.6. The number of benzene rings is 1. The molecular weight excluding hydrogens is 448 g/mol. The van der Waals surface area contributed by atoms with Crippen molar-refractivity contribution < 1.29 is 24.2 Å². The van der Waals surface area contributed by atoms with E-state index in [1.807, 2.05) is 12.1 Å². The Hall–Kier alpha value is -3.52. The maximum atomic E-state index is 13.6. The lowest BCUT2D eigenvalue weighted by molar-refractivity contribution is -0.146. The number of aliphatic hydroxyl groups is 1. The Bertz CT molecular complexity index is 1410. The maximum absolute atomic E-state index is 13.6. The molecule has 0 saturated heterocycles. The number of Topliss-reactive ketones (excluding diaryl/α,β-unsaturated/α-hetero) is 1. The van der Waals surface area contributed by atoms with E-state index in [1.165, 1.54) is 0 Å². The van der Waals surface area contributed by atoms with Crippen LogP contribution in [-0.2, 0) is 22.7 Å². The smallest absolute Gasteiger partial charge is 0.309 e. The van der Waals surface area contributed by atoms with Gasteiger partial charge in [-0.25, -0.2) is 4.98 Å². The minimum Gasteiger partial charge on any atom is -0.497 e. The van der Waals surface area contributed by atoms with Crippen LogP contribution in [0.15, 0.2) is 29.1 Å². The molecule has 182 valence electrons. The van der Waals surface area contributed by atoms with Crippen molar-refractivity contribution in [2.45, 2.75) is 64.7 Å². The van der Waals surface area contributed by atoms with Crippen molar-refractivity contribution in [2.75, 3.05) is 7.11 Å². The number of fused-ring (bicyclic) bond motifs is 5. The van der Waals surface area contributed by atoms with E-state index < -0.39 is 12.1 Å². The third-order valence-corrected chi connectivity index (χ3v) is 6.92. The highest BCUT2D eigenvalue weighted by molar-refractivity contribution is 6.10. The summed E-state index contributed by atoms with van der Waals surface area (Å²) in [7, 11) is 1.58. The summed E-state index contributed by atoms with van der Waals surface area (Å²) in [5, 5.41) is 11.3. The van der Waals surface area contributed by atoms with Crippen molar-refractivity contribution >= 4 is 22.7 Å². The van der Waals surface area contributed by atoms with Crippen molar-refractivity contribution in [2.24, 2.45) is 0 Å². The molecule has 0 aliphatic carbocycles. The van der Waals surface area contributed by atoms with Crippen LogP contribution in [0.25, 0.3) is 22.3 Å². The van der Waals surface area contributed by atoms with E-state index in [9.17, 15) is 19.5 Å². The second kappa shape index (κ2) is 9.26. The van der Waals surface area contributed by atoms with E-state index >= 15 is 0 Å². The number of hydrogen-bond donors (Lipinski definition) is 1. The molecule has 8 heteroatoms. The Labute approximate surface area is 202 Å². The SMILES string of the molecule is CCCCCCC(=O)c1c2c(nc3ccc(OC)cc13)-c1cc3c(c(=O)n1C2)COC(=O)CC3O. The van der Waals surface area contributed by atoms with Gasteiger partial charge in [0.1, 0.15) is 12.4 Å². The van der Waals surface area contributed by atoms with Gasteiger partial charge in [-0.05, 0) is 36.2 Å². The quantitative estimate of drug-likeness (QED) is 0.243. The predicted octanol–water partition coefficient (Wildman–Crippen LogP) is 4.07. The summed E-state index contributed by atoms with van der Waals surface area (Å²) < 4.78 is 12.1. The molecule has 1 unspecified atom stereocenters. The van der Waals surface area contributed by atoms with E-state index in [2.05, 4.69) is 6.92 Å². The zero-order chi connectivity index (χ0) is 24.7. The number of ketones is 1. The van der Waals surface area contributed by atoms with Gasteiger partial charge in [-0.2, -0.15) is 0 Å². The summed E-state index contributed by atoms with van der Waals surface area (Å²) in [6.45, 7) is 2.14. The maximum Gasteiger partial charge on any atom is 0.309 e. The van der Waals surface area contributed by atoms with E-state index in [4.69, 9.17) is 14.5 Å². The number of unbranched alkanes of at least 4 members (excludes halogenated alkanes) is 3. The number of carbonyl (C=O) groups is 2. The molecule has 1 aromatic carbocycles. The van der Waals surface area contributed by atoms with E-state index in [-0.39, 0.29) is 36.5 Å². The Morgan fingerprint density at radius 2 is 2.03 bits per heavy atom. The number of rotatable bonds is 7. The highest BCUT2D eigenvalue weighted by Gasteiger charge is 2.33. The van der Waals surface area contributed by atoms with Crippen LogP contribution in [0.3, 0.4) is 0 Å². The van der Waals surface area contributed by atoms with Crippen LogP contribution in [0.5, 0.6) is 5.75 Å². The molecular formula is C27H28N2O6. The average Bonchev–Trinajstić information content (AvgIpc) is 3.14. The van der Waals surface area contributed by atoms with Crippen LogP contribution in [0.1, 0.15) is 78.6 Å². The lowest BCUT2D eigenvalue weighted by atomic mass is 9.94. The van der Waals surface area contributed by atoms with Gasteiger partial charge in [0, 0.05) is 22.9 Å². The van der Waals surface area contributed by atoms with Gasteiger partial charge in [0.25, 0.3) is 5.56 Å². The molecule has 2 aliphatic heterocycles. The van der Waals surface area contributed by atoms with Gasteiger partial charge in [0.15, 0.2) is 5.78 Å². The summed E-state index contributed by atoms with van der Waals surface area (Å²) in [6.07, 6.45) is 3.02. The Morgan fingerprint density at radius 3 is 2.80 bits per heavy atom. The van der Waals surface area contributed by atoms with Gasteiger partial charge in [-0.1, -0.05) is 26.2 Å². The standard InChI is InChI=1S/C27H28N2O6/c1-3-4-5-6-7-22(30)25-17-10-15(34-2)8-9-20(17)28-26-18(25)13-29-21(26)11-16-19(27(29)33)14-35-24(32)12-23(16)31/h8-11,23,31H,3-7,12-14H2,1-2H3. The Balaban J connectivity index is 1.68. The lowest BCUT2D eigenvalue weighted by Crippen LogP contribution is -2.25. The number of carbonyl (C=O) groups excluding carboxylic acids is 2. The molecule has 0 spiro atoms. The van der Waals surface area contributed by atoms with Crippen molar-refractivity contribution in [1.29, 1.82) is 0 Å². The first-order valence-corrected chi connectivity index (χ1v) is 12.1. The third-order valence-electron chi connectivity index (χ3n) is 6.92. The van der Waals surface area contributed by atoms with Crippen LogP contribution >= 0.6 is 0 Å². The number of cyclic esters (lactones) is 1. The number of ether oxygens (including phenoxy) is 2. The third kappa shape index (κ3) is 4.01. The van der Waals surface area contributed by atoms with Crippen LogP contribution in [0.2, 0.25) is 0 Å². The predicted molar refractivity (Wildman–Crippen MR) is 130 cm³/mol. The molecule has 0 radical (unpaired) electrons. The summed E-state index contributed by atoms with van der Waals surface area (Å²) >= 11 is 0. The molecule has 1 N–H and O–H groups in total. The van der Waals surface area contributed by atoms with Crippen molar-refractivity contribution in [3.05, 3.63) is 56.9 Å². The second-order valence-electron chi connectivity index (χ2n) is 9.17. The fourth-order valence-electron chi connectivity index (χ4n) is 5.07. The number of esters is 1. The van der Waals surface area contributed by atoms with Crippen molar-refractivity contribution in [1.82, 2.24) is 9.55 Å². The summed E-state index contributed by atoms with van der Waals surface area (Å²) in [5.41, 5.74) is 3.31. The van der Waals surface area contributed by atoms with Crippen molar-refractivity contribution in [3.63, 3.8) is 0 Å². The largest absolute Gasteiger partial charge is 0.497 e. The molecule has 0 saturated carbocycles. The van der Waals surface area contributed by atoms with Crippen molar-refractivity contribution in [3.8, 4) is 17.1 Å². The first-order chi connectivity index (χ1) is 16.9. The average molecular weight is 477 g/mol. The van der Waals surface area contributed by atoms with E-state index in [1.54, 1.807) is 23.8 Å². The number of methoxy groups -OCH3 is 1. The molecule has 3 aromatic rings. The van der Waals surface area contributed by atoms with Crippen LogP contribution < -0.4 is 10.3 Å². The highest BCUT2D eigenvalue weighted by atomic mass is 16.5. The number of aliphatic hydroxyl groups excluding tert-OH is 1. The van der Waals surface area contributed by atoms with Crippen LogP contribution in [0, 0.1) is 0 Å². The van der Waals surface area contributed by atoms with Gasteiger partial charge in [0.2, 0.25) is 0 Å². The van der Waals surface area contributed by atoms with Gasteiger partial charge in [-0.3, -0.25) is 14.4 Å². The number of aromatic nitrogens is 2. The fourth-order valence-corrected chi connectivity index (χ4v) is 5.07. The zero-order valence-corrected chi connectivity index (χ0v) is 19.9. The Kier molecular flexibility index (Phi) is 6.15. The number of pyridine rings is 2. The van der Waals surface area contributed by atoms with Gasteiger partial charge in [-0.15, -0.1) is 0 Å². The molecule has 1 atom stereocenters. The normalized spacial score (nSPS) is 16.3. The first-order valence-electron chi connectivity index (χ1n) is 12.1. The van der Waals surface area contributed by atoms with Gasteiger partial charge >= 0.3 is 5.97 Å². The topological polar surface area (TPSA) is 108 Å². The highest BCUT2D eigenvalue weighted by Crippen LogP contribution is 2.39. The second-order valence-corrected chi connectivity index (χ2v) is 9.17. The van der Waals surface area contributed by atoms with Crippen LogP contribution in [-0.4, -0.2) is 33.5 Å². The fraction of sp³-hybridized carbons (Fsp3) is 0.407. The molecule has 4 heterocycles. The molecule has 2 aromatic heterocycles. The van der Waals surface area contributed by atoms with Crippen LogP contribution in [0.4, 0.5) is 0 Å². The van der Waals surface area contributed by atoms with E-state index in [0.717, 1.165) is 25.7 Å². The molecule has 8 nitrogen and oxygen atoms in total.